The van der Waals surface area contributed by atoms with Gasteiger partial charge in [0.15, 0.2) is 0 Å². The van der Waals surface area contributed by atoms with E-state index in [2.05, 4.69) is 15.5 Å². The minimum Gasteiger partial charge on any atom is -0.350 e. The molecule has 1 saturated heterocycles. The number of benzene rings is 1. The summed E-state index contributed by atoms with van der Waals surface area (Å²) >= 11 is 0. The Morgan fingerprint density at radius 3 is 2.71 bits per heavy atom. The van der Waals surface area contributed by atoms with Crippen molar-refractivity contribution in [3.05, 3.63) is 36.0 Å². The van der Waals surface area contributed by atoms with Gasteiger partial charge in [0.25, 0.3) is 0 Å². The molecular weight excluding hydrogens is 363 g/mol. The number of amides is 2. The fourth-order valence-corrected chi connectivity index (χ4v) is 3.42. The monoisotopic (exact) mass is 388 g/mol. The van der Waals surface area contributed by atoms with E-state index in [1.165, 1.54) is 24.3 Å². The number of carbonyl (C=O) groups is 2. The quantitative estimate of drug-likeness (QED) is 0.822. The normalized spacial score (nSPS) is 19.8. The minimum absolute atomic E-state index is 0.0932. The Morgan fingerprint density at radius 1 is 1.36 bits per heavy atom. The number of nitrogens with one attached hydrogen (secondary N) is 1. The summed E-state index contributed by atoms with van der Waals surface area (Å²) in [7, 11) is 0. The van der Waals surface area contributed by atoms with E-state index in [9.17, 15) is 14.0 Å². The molecule has 0 spiro atoms. The van der Waals surface area contributed by atoms with E-state index in [1.54, 1.807) is 4.90 Å². The lowest BCUT2D eigenvalue weighted by Crippen LogP contribution is -2.61. The molecule has 3 rings (SSSR count). The Morgan fingerprint density at radius 2 is 2.07 bits per heavy atom. The highest BCUT2D eigenvalue weighted by atomic mass is 19.1. The van der Waals surface area contributed by atoms with Crippen molar-refractivity contribution in [1.82, 2.24) is 20.4 Å². The maximum atomic E-state index is 13.1. The Hall–Kier alpha value is -2.77. The zero-order chi connectivity index (χ0) is 20.3. The third-order valence-corrected chi connectivity index (χ3v) is 4.75. The molecule has 150 valence electrons. The third-order valence-electron chi connectivity index (χ3n) is 4.75. The Labute approximate surface area is 163 Å². The van der Waals surface area contributed by atoms with Gasteiger partial charge < -0.3 is 14.7 Å². The second-order valence-corrected chi connectivity index (χ2v) is 7.53. The van der Waals surface area contributed by atoms with Crippen molar-refractivity contribution in [2.45, 2.75) is 52.1 Å². The fourth-order valence-electron chi connectivity index (χ4n) is 3.42. The lowest BCUT2D eigenvalue weighted by molar-refractivity contribution is -0.130. The van der Waals surface area contributed by atoms with Crippen LogP contribution in [0, 0.1) is 11.7 Å². The molecule has 2 atom stereocenters. The van der Waals surface area contributed by atoms with Crippen LogP contribution in [0.5, 0.6) is 0 Å². The van der Waals surface area contributed by atoms with Gasteiger partial charge in [-0.25, -0.2) is 4.39 Å². The second kappa shape index (κ2) is 8.50. The maximum Gasteiger partial charge on any atom is 0.316 e. The number of carbonyl (C=O) groups excluding carboxylic acids is 2. The number of halogens is 1. The van der Waals surface area contributed by atoms with Crippen LogP contribution in [-0.4, -0.2) is 45.5 Å². The predicted molar refractivity (Wildman–Crippen MR) is 101 cm³/mol. The largest absolute Gasteiger partial charge is 0.350 e. The van der Waals surface area contributed by atoms with Crippen molar-refractivity contribution in [2.24, 2.45) is 5.92 Å². The van der Waals surface area contributed by atoms with Crippen LogP contribution in [-0.2, 0) is 4.79 Å². The molecule has 2 heterocycles. The van der Waals surface area contributed by atoms with Crippen molar-refractivity contribution >= 4 is 11.8 Å². The number of hydrogen-bond acceptors (Lipinski definition) is 5. The van der Waals surface area contributed by atoms with Gasteiger partial charge in [-0.3, -0.25) is 9.59 Å². The summed E-state index contributed by atoms with van der Waals surface area (Å²) in [5.74, 6) is -0.701. The molecule has 0 bridgehead atoms. The third kappa shape index (κ3) is 4.37. The molecular formula is C20H25FN4O3. The van der Waals surface area contributed by atoms with Crippen LogP contribution in [0.4, 0.5) is 4.39 Å². The van der Waals surface area contributed by atoms with E-state index in [0.29, 0.717) is 18.5 Å². The first-order valence-corrected chi connectivity index (χ1v) is 9.60. The first-order valence-electron chi connectivity index (χ1n) is 9.60. The maximum absolute atomic E-state index is 13.1. The lowest BCUT2D eigenvalue weighted by atomic mass is 9.97. The average molecular weight is 388 g/mol. The minimum atomic E-state index is -0.568. The number of nitrogens with zero attached hydrogens (tertiary/aromatic N) is 3. The summed E-state index contributed by atoms with van der Waals surface area (Å²) in [6.45, 7) is 6.45. The summed E-state index contributed by atoms with van der Waals surface area (Å²) in [6.07, 6.45) is 2.24. The van der Waals surface area contributed by atoms with Crippen molar-refractivity contribution in [1.29, 1.82) is 0 Å². The highest BCUT2D eigenvalue weighted by Crippen LogP contribution is 2.22. The zero-order valence-corrected chi connectivity index (χ0v) is 16.3. The predicted octanol–water partition coefficient (Wildman–Crippen LogP) is 3.03. The number of hydrogen-bond donors (Lipinski definition) is 1. The number of piperazine rings is 1. The summed E-state index contributed by atoms with van der Waals surface area (Å²) < 4.78 is 18.3. The number of rotatable bonds is 6. The molecule has 2 amide bonds. The molecule has 0 unspecified atom stereocenters. The van der Waals surface area contributed by atoms with E-state index in [4.69, 9.17) is 4.52 Å². The van der Waals surface area contributed by atoms with Gasteiger partial charge in [-0.05, 0) is 43.0 Å². The smallest absolute Gasteiger partial charge is 0.316 e. The van der Waals surface area contributed by atoms with Crippen LogP contribution in [0.3, 0.4) is 0 Å². The van der Waals surface area contributed by atoms with E-state index in [-0.39, 0.29) is 35.4 Å². The molecule has 0 radical (unpaired) electrons. The molecule has 2 aromatic rings. The van der Waals surface area contributed by atoms with Crippen LogP contribution in [0.1, 0.15) is 50.7 Å². The van der Waals surface area contributed by atoms with Gasteiger partial charge in [-0.15, -0.1) is 0 Å². The van der Waals surface area contributed by atoms with Crippen molar-refractivity contribution in [3.63, 3.8) is 0 Å². The van der Waals surface area contributed by atoms with Gasteiger partial charge in [0.2, 0.25) is 11.7 Å². The molecule has 0 saturated carbocycles. The molecule has 0 aliphatic carbocycles. The van der Waals surface area contributed by atoms with E-state index < -0.39 is 11.9 Å². The molecule has 28 heavy (non-hydrogen) atoms. The summed E-state index contributed by atoms with van der Waals surface area (Å²) in [5, 5.41) is 6.85. The molecule has 1 aliphatic heterocycles. The standard InChI is InChI=1S/C20H25FN4O3/c1-4-5-15-11-25(16(10-12(2)3)18(26)22-15)20(27)19-23-17(24-28-19)13-6-8-14(21)9-7-13/h6-9,12,15-16H,4-5,10-11H2,1-3H3,(H,22,26)/t15-,16-/m0/s1. The van der Waals surface area contributed by atoms with Gasteiger partial charge in [-0.2, -0.15) is 4.98 Å². The van der Waals surface area contributed by atoms with Crippen LogP contribution >= 0.6 is 0 Å². The molecule has 1 aromatic heterocycles. The van der Waals surface area contributed by atoms with E-state index in [1.807, 2.05) is 20.8 Å². The summed E-state index contributed by atoms with van der Waals surface area (Å²) in [6, 6.07) is 4.95. The molecule has 1 aliphatic rings. The Balaban J connectivity index is 1.84. The molecule has 7 nitrogen and oxygen atoms in total. The molecule has 1 N–H and O–H groups in total. The topological polar surface area (TPSA) is 88.3 Å². The van der Waals surface area contributed by atoms with Gasteiger partial charge in [0.1, 0.15) is 11.9 Å². The van der Waals surface area contributed by atoms with Crippen molar-refractivity contribution in [3.8, 4) is 11.4 Å². The van der Waals surface area contributed by atoms with E-state index >= 15 is 0 Å². The SMILES string of the molecule is CCC[C@H]1CN(C(=O)c2nc(-c3ccc(F)cc3)no2)[C@@H](CC(C)C)C(=O)N1. The van der Waals surface area contributed by atoms with Gasteiger partial charge in [0, 0.05) is 18.2 Å². The van der Waals surface area contributed by atoms with Gasteiger partial charge >= 0.3 is 11.8 Å². The summed E-state index contributed by atoms with van der Waals surface area (Å²) in [4.78, 5) is 31.4. The van der Waals surface area contributed by atoms with Crippen molar-refractivity contribution in [2.75, 3.05) is 6.54 Å². The van der Waals surface area contributed by atoms with Crippen LogP contribution < -0.4 is 5.32 Å². The fraction of sp³-hybridized carbons (Fsp3) is 0.500. The van der Waals surface area contributed by atoms with Gasteiger partial charge in [-0.1, -0.05) is 32.3 Å². The molecule has 1 fully saturated rings. The van der Waals surface area contributed by atoms with Crippen LogP contribution in [0.2, 0.25) is 0 Å². The molecule has 1 aromatic carbocycles. The van der Waals surface area contributed by atoms with Gasteiger partial charge in [0.05, 0.1) is 0 Å². The summed E-state index contributed by atoms with van der Waals surface area (Å²) in [5.41, 5.74) is 0.545. The lowest BCUT2D eigenvalue weighted by Gasteiger charge is -2.39. The first kappa shape index (κ1) is 20.0. The highest BCUT2D eigenvalue weighted by Gasteiger charge is 2.39. The van der Waals surface area contributed by atoms with Crippen molar-refractivity contribution < 1.29 is 18.5 Å². The van der Waals surface area contributed by atoms with Crippen LogP contribution in [0.25, 0.3) is 11.4 Å². The second-order valence-electron chi connectivity index (χ2n) is 7.53. The number of aromatic nitrogens is 2. The Bertz CT molecular complexity index is 834. The zero-order valence-electron chi connectivity index (χ0n) is 16.3. The first-order chi connectivity index (χ1) is 13.4. The molecule has 8 heteroatoms. The highest BCUT2D eigenvalue weighted by molar-refractivity contribution is 5.95. The van der Waals surface area contributed by atoms with E-state index in [0.717, 1.165) is 12.8 Å². The Kier molecular flexibility index (Phi) is 6.06. The van der Waals surface area contributed by atoms with Crippen LogP contribution in [0.15, 0.2) is 28.8 Å². The average Bonchev–Trinajstić information content (AvgIpc) is 3.14.